The highest BCUT2D eigenvalue weighted by Crippen LogP contribution is 2.24. The summed E-state index contributed by atoms with van der Waals surface area (Å²) in [6.07, 6.45) is 0. The van der Waals surface area contributed by atoms with Crippen LogP contribution in [-0.4, -0.2) is 9.97 Å². The molecule has 1 aromatic heterocycles. The lowest BCUT2D eigenvalue weighted by atomic mass is 10.2. The molecule has 0 fully saturated rings. The molecule has 4 nitrogen and oxygen atoms in total. The number of nitrogens with zero attached hydrogens (tertiary/aromatic N) is 2. The number of benzene rings is 2. The SMILES string of the molecule is Cc1nc(Nc2ccccc2)cc(Nc2ccc(C)c(Cl)c2)n1. The van der Waals surface area contributed by atoms with Crippen LogP contribution in [0.1, 0.15) is 11.4 Å². The molecule has 0 amide bonds. The highest BCUT2D eigenvalue weighted by atomic mass is 35.5. The number of nitrogens with one attached hydrogen (secondary N) is 2. The number of hydrogen-bond donors (Lipinski definition) is 2. The Hall–Kier alpha value is -2.59. The fourth-order valence-electron chi connectivity index (χ4n) is 2.18. The number of rotatable bonds is 4. The van der Waals surface area contributed by atoms with E-state index < -0.39 is 0 Å². The second kappa shape index (κ2) is 6.67. The molecule has 1 heterocycles. The highest BCUT2D eigenvalue weighted by molar-refractivity contribution is 6.31. The minimum Gasteiger partial charge on any atom is -0.340 e. The molecular weight excluding hydrogens is 308 g/mol. The molecule has 2 aromatic carbocycles. The van der Waals surface area contributed by atoms with Crippen LogP contribution in [0.5, 0.6) is 0 Å². The molecule has 0 atom stereocenters. The Bertz CT molecular complexity index is 819. The summed E-state index contributed by atoms with van der Waals surface area (Å²) in [5.74, 6) is 2.15. The van der Waals surface area contributed by atoms with Crippen molar-refractivity contribution in [1.29, 1.82) is 0 Å². The first kappa shape index (κ1) is 15.3. The molecule has 5 heteroatoms. The summed E-state index contributed by atoms with van der Waals surface area (Å²) >= 11 is 6.16. The number of para-hydroxylation sites is 1. The van der Waals surface area contributed by atoms with E-state index in [2.05, 4.69) is 20.6 Å². The highest BCUT2D eigenvalue weighted by Gasteiger charge is 2.04. The first-order valence-corrected chi connectivity index (χ1v) is 7.69. The van der Waals surface area contributed by atoms with E-state index in [9.17, 15) is 0 Å². The van der Waals surface area contributed by atoms with Gasteiger partial charge in [-0.05, 0) is 43.7 Å². The fourth-order valence-corrected chi connectivity index (χ4v) is 2.36. The molecule has 0 saturated carbocycles. The Kier molecular flexibility index (Phi) is 4.44. The summed E-state index contributed by atoms with van der Waals surface area (Å²) in [6.45, 7) is 3.84. The van der Waals surface area contributed by atoms with E-state index in [1.54, 1.807) is 0 Å². The molecule has 0 aliphatic carbocycles. The fraction of sp³-hybridized carbons (Fsp3) is 0.111. The summed E-state index contributed by atoms with van der Waals surface area (Å²) in [7, 11) is 0. The lowest BCUT2D eigenvalue weighted by Crippen LogP contribution is -2.01. The third-order valence-electron chi connectivity index (χ3n) is 3.33. The van der Waals surface area contributed by atoms with E-state index in [0.29, 0.717) is 5.82 Å². The van der Waals surface area contributed by atoms with Crippen molar-refractivity contribution in [3.63, 3.8) is 0 Å². The van der Waals surface area contributed by atoms with Gasteiger partial charge in [-0.3, -0.25) is 0 Å². The van der Waals surface area contributed by atoms with Crippen molar-refractivity contribution in [2.24, 2.45) is 0 Å². The molecule has 3 rings (SSSR count). The first-order chi connectivity index (χ1) is 11.1. The Morgan fingerprint density at radius 3 is 2.09 bits per heavy atom. The Morgan fingerprint density at radius 2 is 1.43 bits per heavy atom. The van der Waals surface area contributed by atoms with E-state index in [1.807, 2.05) is 68.4 Å². The van der Waals surface area contributed by atoms with Gasteiger partial charge < -0.3 is 10.6 Å². The van der Waals surface area contributed by atoms with Gasteiger partial charge in [0.05, 0.1) is 0 Å². The lowest BCUT2D eigenvalue weighted by Gasteiger charge is -2.11. The molecule has 0 unspecified atom stereocenters. The van der Waals surface area contributed by atoms with Gasteiger partial charge in [-0.1, -0.05) is 35.9 Å². The van der Waals surface area contributed by atoms with Gasteiger partial charge >= 0.3 is 0 Å². The molecule has 2 N–H and O–H groups in total. The van der Waals surface area contributed by atoms with Crippen LogP contribution < -0.4 is 10.6 Å². The number of hydrogen-bond acceptors (Lipinski definition) is 4. The van der Waals surface area contributed by atoms with Crippen molar-refractivity contribution < 1.29 is 0 Å². The summed E-state index contributed by atoms with van der Waals surface area (Å²) in [6, 6.07) is 17.6. The van der Waals surface area contributed by atoms with Crippen molar-refractivity contribution >= 4 is 34.6 Å². The van der Waals surface area contributed by atoms with Gasteiger partial charge in [0.25, 0.3) is 0 Å². The maximum absolute atomic E-state index is 6.16. The Balaban J connectivity index is 1.83. The molecule has 0 aliphatic heterocycles. The van der Waals surface area contributed by atoms with Crippen molar-refractivity contribution in [3.8, 4) is 0 Å². The van der Waals surface area contributed by atoms with Crippen LogP contribution in [0.15, 0.2) is 54.6 Å². The smallest absolute Gasteiger partial charge is 0.136 e. The van der Waals surface area contributed by atoms with Gasteiger partial charge in [0.15, 0.2) is 0 Å². The van der Waals surface area contributed by atoms with Gasteiger partial charge in [0, 0.05) is 22.5 Å². The monoisotopic (exact) mass is 324 g/mol. The predicted molar refractivity (Wildman–Crippen MR) is 96.0 cm³/mol. The standard InChI is InChI=1S/C18H17ClN4/c1-12-8-9-15(10-16(12)19)23-18-11-17(20-13(2)21-18)22-14-6-4-3-5-7-14/h3-11H,1-2H3,(H2,20,21,22,23). The number of anilines is 4. The molecule has 23 heavy (non-hydrogen) atoms. The van der Waals surface area contributed by atoms with Gasteiger partial charge in [-0.25, -0.2) is 9.97 Å². The topological polar surface area (TPSA) is 49.8 Å². The van der Waals surface area contributed by atoms with Gasteiger partial charge in [-0.2, -0.15) is 0 Å². The average molecular weight is 325 g/mol. The van der Waals surface area contributed by atoms with Gasteiger partial charge in [0.2, 0.25) is 0 Å². The number of aryl methyl sites for hydroxylation is 2. The van der Waals surface area contributed by atoms with Crippen molar-refractivity contribution in [2.75, 3.05) is 10.6 Å². The van der Waals surface area contributed by atoms with E-state index in [0.717, 1.165) is 33.6 Å². The van der Waals surface area contributed by atoms with Gasteiger partial charge in [-0.15, -0.1) is 0 Å². The summed E-state index contributed by atoms with van der Waals surface area (Å²) in [5, 5.41) is 7.26. The second-order valence-corrected chi connectivity index (χ2v) is 5.67. The van der Waals surface area contributed by atoms with E-state index in [1.165, 1.54) is 0 Å². The van der Waals surface area contributed by atoms with Crippen molar-refractivity contribution in [3.05, 3.63) is 71.0 Å². The van der Waals surface area contributed by atoms with E-state index in [-0.39, 0.29) is 0 Å². The van der Waals surface area contributed by atoms with Crippen LogP contribution in [0, 0.1) is 13.8 Å². The largest absolute Gasteiger partial charge is 0.340 e. The van der Waals surface area contributed by atoms with Crippen LogP contribution in [0.2, 0.25) is 5.02 Å². The zero-order valence-corrected chi connectivity index (χ0v) is 13.7. The Morgan fingerprint density at radius 1 is 0.783 bits per heavy atom. The van der Waals surface area contributed by atoms with Crippen molar-refractivity contribution in [2.45, 2.75) is 13.8 Å². The molecule has 0 radical (unpaired) electrons. The van der Waals surface area contributed by atoms with Crippen LogP contribution in [0.3, 0.4) is 0 Å². The van der Waals surface area contributed by atoms with Crippen LogP contribution in [0.4, 0.5) is 23.0 Å². The maximum atomic E-state index is 6.16. The summed E-state index contributed by atoms with van der Waals surface area (Å²) in [5.41, 5.74) is 2.92. The number of aromatic nitrogens is 2. The third kappa shape index (κ3) is 3.99. The van der Waals surface area contributed by atoms with Crippen LogP contribution >= 0.6 is 11.6 Å². The Labute approximate surface area is 140 Å². The normalized spacial score (nSPS) is 10.4. The minimum absolute atomic E-state index is 0.687. The van der Waals surface area contributed by atoms with E-state index >= 15 is 0 Å². The molecule has 116 valence electrons. The first-order valence-electron chi connectivity index (χ1n) is 7.31. The number of halogens is 1. The molecular formula is C18H17ClN4. The minimum atomic E-state index is 0.687. The maximum Gasteiger partial charge on any atom is 0.136 e. The molecule has 0 saturated heterocycles. The summed E-state index contributed by atoms with van der Waals surface area (Å²) in [4.78, 5) is 8.83. The predicted octanol–water partition coefficient (Wildman–Crippen LogP) is 5.23. The summed E-state index contributed by atoms with van der Waals surface area (Å²) < 4.78 is 0. The zero-order chi connectivity index (χ0) is 16.2. The quantitative estimate of drug-likeness (QED) is 0.689. The van der Waals surface area contributed by atoms with Crippen LogP contribution in [-0.2, 0) is 0 Å². The van der Waals surface area contributed by atoms with Crippen LogP contribution in [0.25, 0.3) is 0 Å². The molecule has 3 aromatic rings. The van der Waals surface area contributed by atoms with Gasteiger partial charge in [0.1, 0.15) is 17.5 Å². The van der Waals surface area contributed by atoms with E-state index in [4.69, 9.17) is 11.6 Å². The lowest BCUT2D eigenvalue weighted by molar-refractivity contribution is 1.06. The van der Waals surface area contributed by atoms with Crippen molar-refractivity contribution in [1.82, 2.24) is 9.97 Å². The molecule has 0 spiro atoms. The molecule has 0 aliphatic rings. The molecule has 0 bridgehead atoms. The average Bonchev–Trinajstić information content (AvgIpc) is 2.51. The second-order valence-electron chi connectivity index (χ2n) is 5.27. The zero-order valence-electron chi connectivity index (χ0n) is 13.0. The third-order valence-corrected chi connectivity index (χ3v) is 3.74.